The number of ether oxygens (including phenoxy) is 2. The van der Waals surface area contributed by atoms with Gasteiger partial charge in [-0.3, -0.25) is 14.8 Å². The van der Waals surface area contributed by atoms with Crippen molar-refractivity contribution in [1.29, 1.82) is 0 Å². The summed E-state index contributed by atoms with van der Waals surface area (Å²) >= 11 is 2.99. The number of pyridine rings is 1. The molecule has 1 fully saturated rings. The number of amides is 1. The zero-order chi connectivity index (χ0) is 23.0. The molecule has 1 aliphatic rings. The second kappa shape index (κ2) is 11.4. The normalized spacial score (nSPS) is 14.0. The van der Waals surface area contributed by atoms with Gasteiger partial charge in [0.05, 0.1) is 35.6 Å². The molecule has 1 atom stereocenters. The lowest BCUT2D eigenvalue weighted by Crippen LogP contribution is -2.30. The molecule has 0 spiro atoms. The van der Waals surface area contributed by atoms with Crippen LogP contribution in [0, 0.1) is 0 Å². The van der Waals surface area contributed by atoms with Gasteiger partial charge >= 0.3 is 0 Å². The summed E-state index contributed by atoms with van der Waals surface area (Å²) in [7, 11) is 1.64. The molecule has 0 aromatic carbocycles. The van der Waals surface area contributed by atoms with E-state index in [1.165, 1.54) is 24.2 Å². The molecule has 0 radical (unpaired) electrons. The highest BCUT2D eigenvalue weighted by molar-refractivity contribution is 8.01. The number of carbonyl (C=O) groups is 1. The Bertz CT molecular complexity index is 1080. The van der Waals surface area contributed by atoms with Crippen molar-refractivity contribution in [3.05, 3.63) is 47.6 Å². The van der Waals surface area contributed by atoms with E-state index in [2.05, 4.69) is 30.0 Å². The van der Waals surface area contributed by atoms with E-state index >= 15 is 0 Å². The van der Waals surface area contributed by atoms with E-state index in [0.717, 1.165) is 16.3 Å². The molecular weight excluding hydrogens is 460 g/mol. The van der Waals surface area contributed by atoms with Crippen LogP contribution in [0.3, 0.4) is 0 Å². The van der Waals surface area contributed by atoms with Crippen molar-refractivity contribution in [3.8, 4) is 16.5 Å². The maximum Gasteiger partial charge on any atom is 0.280 e. The minimum Gasteiger partial charge on any atom is -0.477 e. The second-order valence-electron chi connectivity index (χ2n) is 7.40. The number of thiazole rings is 1. The first-order valence-electron chi connectivity index (χ1n) is 10.7. The topological polar surface area (TPSA) is 111 Å². The molecular formula is C22H26N6O3S2. The van der Waals surface area contributed by atoms with E-state index in [9.17, 15) is 4.79 Å². The van der Waals surface area contributed by atoms with Crippen LogP contribution in [0.4, 0.5) is 5.69 Å². The number of anilines is 1. The largest absolute Gasteiger partial charge is 0.477 e. The van der Waals surface area contributed by atoms with Crippen LogP contribution in [0.15, 0.2) is 36.9 Å². The summed E-state index contributed by atoms with van der Waals surface area (Å²) in [5, 5.41) is 4.08. The quantitative estimate of drug-likeness (QED) is 0.365. The highest BCUT2D eigenvalue weighted by Crippen LogP contribution is 2.34. The maximum atomic E-state index is 13.0. The molecule has 4 rings (SSSR count). The fourth-order valence-corrected chi connectivity index (χ4v) is 4.55. The van der Waals surface area contributed by atoms with E-state index in [1.54, 1.807) is 43.8 Å². The molecule has 1 aliphatic carbocycles. The molecule has 1 saturated carbocycles. The summed E-state index contributed by atoms with van der Waals surface area (Å²) in [6.07, 6.45) is 9.65. The van der Waals surface area contributed by atoms with Crippen LogP contribution in [0.25, 0.3) is 10.6 Å². The Kier molecular flexibility index (Phi) is 8.08. The van der Waals surface area contributed by atoms with Gasteiger partial charge in [0, 0.05) is 37.0 Å². The summed E-state index contributed by atoms with van der Waals surface area (Å²) in [6.45, 7) is 2.88. The van der Waals surface area contributed by atoms with Gasteiger partial charge in [0.2, 0.25) is 5.88 Å². The fraction of sp³-hybridized carbons (Fsp3) is 0.409. The summed E-state index contributed by atoms with van der Waals surface area (Å²) in [6, 6.07) is 3.59. The van der Waals surface area contributed by atoms with Crippen molar-refractivity contribution in [2.45, 2.75) is 37.5 Å². The number of nitrogens with one attached hydrogen (secondary N) is 2. The van der Waals surface area contributed by atoms with Gasteiger partial charge in [0.15, 0.2) is 5.01 Å². The number of aromatic nitrogens is 4. The van der Waals surface area contributed by atoms with E-state index < -0.39 is 0 Å². The van der Waals surface area contributed by atoms with E-state index in [-0.39, 0.29) is 11.9 Å². The molecule has 2 N–H and O–H groups in total. The molecule has 11 heteroatoms. The smallest absolute Gasteiger partial charge is 0.280 e. The lowest BCUT2D eigenvalue weighted by molar-refractivity contribution is 0.0923. The molecule has 0 aliphatic heterocycles. The van der Waals surface area contributed by atoms with Crippen molar-refractivity contribution in [1.82, 2.24) is 25.3 Å². The molecule has 174 valence electrons. The molecule has 9 nitrogen and oxygen atoms in total. The molecule has 0 saturated heterocycles. The number of hydrogen-bond acceptors (Lipinski definition) is 10. The van der Waals surface area contributed by atoms with Gasteiger partial charge in [-0.15, -0.1) is 11.3 Å². The second-order valence-corrected chi connectivity index (χ2v) is 9.54. The third-order valence-electron chi connectivity index (χ3n) is 4.78. The molecule has 0 bridgehead atoms. The first kappa shape index (κ1) is 23.4. The molecule has 33 heavy (non-hydrogen) atoms. The Morgan fingerprint density at radius 3 is 2.97 bits per heavy atom. The Morgan fingerprint density at radius 2 is 2.18 bits per heavy atom. The van der Waals surface area contributed by atoms with Crippen LogP contribution in [0.1, 0.15) is 47.7 Å². The van der Waals surface area contributed by atoms with E-state index in [1.807, 2.05) is 19.1 Å². The highest BCUT2D eigenvalue weighted by atomic mass is 32.2. The lowest BCUT2D eigenvalue weighted by atomic mass is 10.1. The van der Waals surface area contributed by atoms with E-state index in [0.29, 0.717) is 41.5 Å². The van der Waals surface area contributed by atoms with E-state index in [4.69, 9.17) is 9.47 Å². The van der Waals surface area contributed by atoms with Gasteiger partial charge < -0.3 is 19.5 Å². The number of methoxy groups -OCH3 is 1. The van der Waals surface area contributed by atoms with Crippen molar-refractivity contribution in [2.24, 2.45) is 0 Å². The molecule has 3 aromatic rings. The van der Waals surface area contributed by atoms with Crippen LogP contribution >= 0.6 is 23.3 Å². The average molecular weight is 487 g/mol. The third-order valence-corrected chi connectivity index (χ3v) is 6.96. The van der Waals surface area contributed by atoms with Gasteiger partial charge in [-0.05, 0) is 50.3 Å². The third kappa shape index (κ3) is 6.62. The van der Waals surface area contributed by atoms with Crippen molar-refractivity contribution >= 4 is 34.9 Å². The molecule has 3 aromatic heterocycles. The maximum absolute atomic E-state index is 13.0. The minimum absolute atomic E-state index is 0.270. The predicted octanol–water partition coefficient (Wildman–Crippen LogP) is 4.12. The first-order valence-corrected chi connectivity index (χ1v) is 12.4. The molecule has 3 heterocycles. The zero-order valence-corrected chi connectivity index (χ0v) is 20.1. The summed E-state index contributed by atoms with van der Waals surface area (Å²) in [4.78, 5) is 31.1. The number of rotatable bonds is 12. The average Bonchev–Trinajstić information content (AvgIpc) is 3.54. The number of nitrogens with zero attached hydrogens (tertiary/aromatic N) is 4. The zero-order valence-electron chi connectivity index (χ0n) is 18.5. The highest BCUT2D eigenvalue weighted by Gasteiger charge is 2.23. The Hall–Kier alpha value is -2.76. The minimum atomic E-state index is -0.307. The van der Waals surface area contributed by atoms with Crippen LogP contribution in [-0.2, 0) is 4.74 Å². The van der Waals surface area contributed by atoms with Crippen LogP contribution < -0.4 is 14.8 Å². The van der Waals surface area contributed by atoms with Gasteiger partial charge in [-0.1, -0.05) is 0 Å². The molecule has 1 amide bonds. The summed E-state index contributed by atoms with van der Waals surface area (Å²) in [5.74, 6) is 0.169. The van der Waals surface area contributed by atoms with Gasteiger partial charge in [0.1, 0.15) is 5.69 Å². The number of hydrogen-bond donors (Lipinski definition) is 2. The molecule has 1 unspecified atom stereocenters. The Morgan fingerprint density at radius 1 is 1.30 bits per heavy atom. The Labute approximate surface area is 200 Å². The van der Waals surface area contributed by atoms with Crippen LogP contribution in [0.5, 0.6) is 5.88 Å². The van der Waals surface area contributed by atoms with Gasteiger partial charge in [0.25, 0.3) is 5.91 Å². The van der Waals surface area contributed by atoms with Crippen LogP contribution in [-0.4, -0.2) is 51.4 Å². The summed E-state index contributed by atoms with van der Waals surface area (Å²) in [5.41, 5.74) is 2.36. The summed E-state index contributed by atoms with van der Waals surface area (Å²) < 4.78 is 14.0. The standard InChI is InChI=1S/C22H26N6O3S2/c1-3-31-20-13-23-11-18(26-20)19-12-25-22(32-19)21(29)27-16(7-9-30-2)17-10-14(6-8-24-17)28-33-15-4-5-15/h6,8,10-13,15-16H,3-5,7,9H2,1-2H3,(H,24,28)(H,27,29). The van der Waals surface area contributed by atoms with Crippen molar-refractivity contribution in [3.63, 3.8) is 0 Å². The van der Waals surface area contributed by atoms with Crippen LogP contribution in [0.2, 0.25) is 0 Å². The number of carbonyl (C=O) groups excluding carboxylic acids is 1. The van der Waals surface area contributed by atoms with Gasteiger partial charge in [-0.2, -0.15) is 0 Å². The Balaban J connectivity index is 1.46. The van der Waals surface area contributed by atoms with Gasteiger partial charge in [-0.25, -0.2) is 9.97 Å². The lowest BCUT2D eigenvalue weighted by Gasteiger charge is -2.18. The van der Waals surface area contributed by atoms with Crippen molar-refractivity contribution < 1.29 is 14.3 Å². The SMILES string of the molecule is CCOc1cncc(-c2cnc(C(=O)NC(CCOC)c3cc(NSC4CC4)ccn3)s2)n1. The van der Waals surface area contributed by atoms with Crippen molar-refractivity contribution in [2.75, 3.05) is 25.0 Å². The predicted molar refractivity (Wildman–Crippen MR) is 129 cm³/mol. The fourth-order valence-electron chi connectivity index (χ4n) is 2.97. The monoisotopic (exact) mass is 486 g/mol. The first-order chi connectivity index (χ1) is 16.2.